The van der Waals surface area contributed by atoms with E-state index in [4.69, 9.17) is 15.9 Å². The van der Waals surface area contributed by atoms with Crippen molar-refractivity contribution in [3.63, 3.8) is 0 Å². The molecule has 1 aromatic carbocycles. The summed E-state index contributed by atoms with van der Waals surface area (Å²) in [6.45, 7) is 1.69. The second-order valence-electron chi connectivity index (χ2n) is 4.22. The van der Waals surface area contributed by atoms with Crippen molar-refractivity contribution in [1.82, 2.24) is 4.98 Å². The number of nitro groups is 1. The lowest BCUT2D eigenvalue weighted by Crippen LogP contribution is -2.11. The zero-order chi connectivity index (χ0) is 15.6. The van der Waals surface area contributed by atoms with Gasteiger partial charge in [-0.15, -0.1) is 0 Å². The van der Waals surface area contributed by atoms with Gasteiger partial charge in [-0.1, -0.05) is 0 Å². The fourth-order valence-electron chi connectivity index (χ4n) is 1.67. The van der Waals surface area contributed by atoms with Gasteiger partial charge in [-0.3, -0.25) is 15.5 Å². The van der Waals surface area contributed by atoms with Crippen LogP contribution in [-0.4, -0.2) is 15.7 Å². The molecule has 0 spiro atoms. The van der Waals surface area contributed by atoms with Crippen molar-refractivity contribution in [2.24, 2.45) is 5.73 Å². The van der Waals surface area contributed by atoms with Crippen molar-refractivity contribution in [1.29, 1.82) is 5.41 Å². The summed E-state index contributed by atoms with van der Waals surface area (Å²) in [7, 11) is 0. The van der Waals surface area contributed by atoms with E-state index in [1.165, 1.54) is 12.1 Å². The summed E-state index contributed by atoms with van der Waals surface area (Å²) < 4.78 is 18.8. The molecule has 0 aliphatic carbocycles. The van der Waals surface area contributed by atoms with Gasteiger partial charge in [0, 0.05) is 29.5 Å². The number of nitrogens with two attached hydrogens (primary N) is 1. The maximum absolute atomic E-state index is 13.5. The van der Waals surface area contributed by atoms with Crippen LogP contribution in [-0.2, 0) is 0 Å². The van der Waals surface area contributed by atoms with Crippen LogP contribution >= 0.6 is 0 Å². The summed E-state index contributed by atoms with van der Waals surface area (Å²) >= 11 is 0. The number of amidine groups is 1. The Bertz CT molecular complexity index is 733. The first-order valence-electron chi connectivity index (χ1n) is 5.81. The predicted molar refractivity (Wildman–Crippen MR) is 73.1 cm³/mol. The number of nitro benzene ring substituents is 1. The fraction of sp³-hybridized carbons (Fsp3) is 0.0769. The average molecular weight is 290 g/mol. The van der Waals surface area contributed by atoms with E-state index in [1.54, 1.807) is 13.0 Å². The summed E-state index contributed by atoms with van der Waals surface area (Å²) in [5.74, 6) is -0.976. The van der Waals surface area contributed by atoms with Gasteiger partial charge in [0.1, 0.15) is 11.6 Å². The number of benzene rings is 1. The number of aromatic nitrogens is 1. The molecule has 0 aliphatic rings. The first kappa shape index (κ1) is 14.4. The molecule has 0 bridgehead atoms. The Kier molecular flexibility index (Phi) is 3.79. The van der Waals surface area contributed by atoms with Crippen LogP contribution in [0.25, 0.3) is 0 Å². The van der Waals surface area contributed by atoms with Crippen LogP contribution in [0.1, 0.15) is 11.3 Å². The monoisotopic (exact) mass is 290 g/mol. The highest BCUT2D eigenvalue weighted by molar-refractivity contribution is 5.95. The van der Waals surface area contributed by atoms with Gasteiger partial charge in [0.15, 0.2) is 0 Å². The van der Waals surface area contributed by atoms with E-state index in [2.05, 4.69) is 4.98 Å². The Morgan fingerprint density at radius 1 is 1.43 bits per heavy atom. The Labute approximate surface area is 118 Å². The van der Waals surface area contributed by atoms with E-state index < -0.39 is 16.4 Å². The molecule has 0 saturated heterocycles. The van der Waals surface area contributed by atoms with Crippen LogP contribution in [0.2, 0.25) is 0 Å². The highest BCUT2D eigenvalue weighted by Gasteiger charge is 2.15. The van der Waals surface area contributed by atoms with Crippen molar-refractivity contribution >= 4 is 11.5 Å². The van der Waals surface area contributed by atoms with Crippen molar-refractivity contribution in [3.05, 3.63) is 57.5 Å². The van der Waals surface area contributed by atoms with Crippen LogP contribution in [0.4, 0.5) is 10.1 Å². The minimum absolute atomic E-state index is 0.0608. The summed E-state index contributed by atoms with van der Waals surface area (Å²) in [6.07, 6.45) is 0. The molecule has 3 N–H and O–H groups in total. The van der Waals surface area contributed by atoms with Gasteiger partial charge in [-0.25, -0.2) is 4.98 Å². The molecular formula is C13H11FN4O3. The van der Waals surface area contributed by atoms with E-state index >= 15 is 0 Å². The van der Waals surface area contributed by atoms with Crippen molar-refractivity contribution < 1.29 is 14.1 Å². The Morgan fingerprint density at radius 3 is 2.71 bits per heavy atom. The third kappa shape index (κ3) is 3.30. The SMILES string of the molecule is Cc1cc(C(=N)N)cc(Oc2ccc([N+](=O)[O-])c(F)c2)n1. The average Bonchev–Trinajstić information content (AvgIpc) is 2.37. The first-order chi connectivity index (χ1) is 9.86. The van der Waals surface area contributed by atoms with E-state index in [0.717, 1.165) is 12.1 Å². The van der Waals surface area contributed by atoms with Crippen LogP contribution in [0.5, 0.6) is 11.6 Å². The van der Waals surface area contributed by atoms with Gasteiger partial charge in [0.05, 0.1) is 4.92 Å². The minimum Gasteiger partial charge on any atom is -0.439 e. The first-order valence-corrected chi connectivity index (χ1v) is 5.81. The van der Waals surface area contributed by atoms with Gasteiger partial charge in [-0.2, -0.15) is 4.39 Å². The molecule has 1 heterocycles. The second-order valence-corrected chi connectivity index (χ2v) is 4.22. The summed E-state index contributed by atoms with van der Waals surface area (Å²) in [4.78, 5) is 13.8. The van der Waals surface area contributed by atoms with Gasteiger partial charge < -0.3 is 10.5 Å². The van der Waals surface area contributed by atoms with E-state index in [0.29, 0.717) is 11.3 Å². The number of ether oxygens (including phenoxy) is 1. The smallest absolute Gasteiger partial charge is 0.305 e. The number of nitrogen functional groups attached to an aromatic ring is 1. The van der Waals surface area contributed by atoms with Crippen LogP contribution in [0.3, 0.4) is 0 Å². The molecule has 1 aromatic heterocycles. The van der Waals surface area contributed by atoms with Crippen molar-refractivity contribution in [2.45, 2.75) is 6.92 Å². The number of nitrogens with one attached hydrogen (secondary N) is 1. The Hall–Kier alpha value is -3.03. The highest BCUT2D eigenvalue weighted by Crippen LogP contribution is 2.26. The number of halogens is 1. The van der Waals surface area contributed by atoms with E-state index in [9.17, 15) is 14.5 Å². The molecule has 0 fully saturated rings. The van der Waals surface area contributed by atoms with Gasteiger partial charge >= 0.3 is 5.69 Å². The van der Waals surface area contributed by atoms with E-state index in [-0.39, 0.29) is 17.5 Å². The van der Waals surface area contributed by atoms with Crippen molar-refractivity contribution in [2.75, 3.05) is 0 Å². The van der Waals surface area contributed by atoms with Crippen LogP contribution in [0.15, 0.2) is 30.3 Å². The van der Waals surface area contributed by atoms with E-state index in [1.807, 2.05) is 0 Å². The zero-order valence-electron chi connectivity index (χ0n) is 11.0. The van der Waals surface area contributed by atoms with Gasteiger partial charge in [-0.05, 0) is 19.1 Å². The molecule has 0 aliphatic heterocycles. The maximum Gasteiger partial charge on any atom is 0.305 e. The number of nitrogens with zero attached hydrogens (tertiary/aromatic N) is 2. The third-order valence-corrected chi connectivity index (χ3v) is 2.58. The number of rotatable bonds is 4. The topological polar surface area (TPSA) is 115 Å². The molecule has 8 heteroatoms. The number of pyridine rings is 1. The molecule has 7 nitrogen and oxygen atoms in total. The quantitative estimate of drug-likeness (QED) is 0.388. The maximum atomic E-state index is 13.5. The molecule has 0 amide bonds. The molecule has 21 heavy (non-hydrogen) atoms. The normalized spacial score (nSPS) is 10.2. The highest BCUT2D eigenvalue weighted by atomic mass is 19.1. The standard InChI is InChI=1S/C13H11FN4O3/c1-7-4-8(13(15)16)5-12(17-7)21-9-2-3-11(18(19)20)10(14)6-9/h2-6H,1H3,(H3,15,16). The minimum atomic E-state index is -1.00. The Balaban J connectivity index is 2.32. The molecule has 108 valence electrons. The Morgan fingerprint density at radius 2 is 2.14 bits per heavy atom. The third-order valence-electron chi connectivity index (χ3n) is 2.58. The lowest BCUT2D eigenvalue weighted by molar-refractivity contribution is -0.387. The van der Waals surface area contributed by atoms with Gasteiger partial charge in [0.25, 0.3) is 0 Å². The van der Waals surface area contributed by atoms with Gasteiger partial charge in [0.2, 0.25) is 11.7 Å². The zero-order valence-corrected chi connectivity index (χ0v) is 11.0. The van der Waals surface area contributed by atoms with Crippen LogP contribution < -0.4 is 10.5 Å². The van der Waals surface area contributed by atoms with Crippen molar-refractivity contribution in [3.8, 4) is 11.6 Å². The summed E-state index contributed by atoms with van der Waals surface area (Å²) in [6, 6.07) is 6.20. The lowest BCUT2D eigenvalue weighted by atomic mass is 10.2. The predicted octanol–water partition coefficient (Wildman–Crippen LogP) is 2.51. The number of hydrogen-bond acceptors (Lipinski definition) is 5. The fourth-order valence-corrected chi connectivity index (χ4v) is 1.67. The number of aryl methyl sites for hydroxylation is 1. The molecule has 0 radical (unpaired) electrons. The summed E-state index contributed by atoms with van der Waals surface area (Å²) in [5, 5.41) is 17.9. The molecule has 2 rings (SSSR count). The molecule has 0 unspecified atom stereocenters. The molecule has 0 saturated carbocycles. The molecule has 2 aromatic rings. The number of hydrogen-bond donors (Lipinski definition) is 2. The second kappa shape index (κ2) is 5.53. The van der Waals surface area contributed by atoms with Crippen LogP contribution in [0, 0.1) is 28.3 Å². The largest absolute Gasteiger partial charge is 0.439 e. The molecular weight excluding hydrogens is 279 g/mol. The molecule has 0 atom stereocenters. The lowest BCUT2D eigenvalue weighted by Gasteiger charge is -2.08. The summed E-state index contributed by atoms with van der Waals surface area (Å²) in [5.41, 5.74) is 5.74.